The number of rotatable bonds is 3. The second-order valence-electron chi connectivity index (χ2n) is 5.19. The summed E-state index contributed by atoms with van der Waals surface area (Å²) >= 11 is 2.99. The highest BCUT2D eigenvalue weighted by atomic mass is 32.1. The first-order valence-corrected chi connectivity index (χ1v) is 8.72. The zero-order valence-electron chi connectivity index (χ0n) is 12.0. The monoisotopic (exact) mass is 322 g/mol. The van der Waals surface area contributed by atoms with Gasteiger partial charge >= 0.3 is 0 Å². The molecule has 2 aromatic rings. The van der Waals surface area contributed by atoms with Crippen molar-refractivity contribution in [3.05, 3.63) is 33.0 Å². The van der Waals surface area contributed by atoms with Crippen LogP contribution in [0, 0.1) is 6.92 Å². The molecule has 0 saturated carbocycles. The van der Waals surface area contributed by atoms with Crippen molar-refractivity contribution in [3.63, 3.8) is 0 Å². The second-order valence-corrected chi connectivity index (χ2v) is 6.98. The molecule has 0 spiro atoms. The van der Waals surface area contributed by atoms with Crippen LogP contribution in [0.4, 0.5) is 0 Å². The molecule has 1 aliphatic heterocycles. The van der Waals surface area contributed by atoms with Gasteiger partial charge in [0.15, 0.2) is 0 Å². The third kappa shape index (κ3) is 3.48. The van der Waals surface area contributed by atoms with Gasteiger partial charge in [-0.25, -0.2) is 0 Å². The lowest BCUT2D eigenvalue weighted by atomic mass is 10.3. The van der Waals surface area contributed by atoms with Crippen LogP contribution in [-0.4, -0.2) is 51.5 Å². The fourth-order valence-electron chi connectivity index (χ4n) is 2.53. The molecule has 1 aliphatic rings. The Morgan fingerprint density at radius 1 is 1.33 bits per heavy atom. The van der Waals surface area contributed by atoms with E-state index in [1.54, 1.807) is 11.3 Å². The number of nitrogens with zero attached hydrogens (tertiary/aromatic N) is 4. The van der Waals surface area contributed by atoms with Crippen molar-refractivity contribution in [2.45, 2.75) is 19.9 Å². The van der Waals surface area contributed by atoms with Crippen LogP contribution in [0.25, 0.3) is 0 Å². The molecule has 0 bridgehead atoms. The van der Waals surface area contributed by atoms with Crippen molar-refractivity contribution in [1.82, 2.24) is 19.4 Å². The van der Waals surface area contributed by atoms with E-state index in [2.05, 4.69) is 32.0 Å². The molecule has 0 N–H and O–H groups in total. The Morgan fingerprint density at radius 2 is 2.24 bits per heavy atom. The first kappa shape index (κ1) is 14.6. The molecule has 1 saturated heterocycles. The molecule has 21 heavy (non-hydrogen) atoms. The van der Waals surface area contributed by atoms with Crippen molar-refractivity contribution >= 4 is 28.8 Å². The van der Waals surface area contributed by atoms with Gasteiger partial charge in [0.1, 0.15) is 4.88 Å². The molecule has 3 heterocycles. The van der Waals surface area contributed by atoms with E-state index in [1.807, 2.05) is 11.8 Å². The summed E-state index contributed by atoms with van der Waals surface area (Å²) in [6.07, 6.45) is 1.02. The van der Waals surface area contributed by atoms with Crippen LogP contribution >= 0.6 is 22.9 Å². The molecule has 0 aliphatic carbocycles. The first-order valence-electron chi connectivity index (χ1n) is 7.07. The highest BCUT2D eigenvalue weighted by molar-refractivity contribution is 7.09. The Bertz CT molecular complexity index is 596. The highest BCUT2D eigenvalue weighted by Crippen LogP contribution is 2.17. The van der Waals surface area contributed by atoms with E-state index < -0.39 is 0 Å². The minimum Gasteiger partial charge on any atom is -0.337 e. The van der Waals surface area contributed by atoms with Crippen LogP contribution in [0.3, 0.4) is 0 Å². The fourth-order valence-corrected chi connectivity index (χ4v) is 3.90. The van der Waals surface area contributed by atoms with Crippen LogP contribution in [0.15, 0.2) is 17.5 Å². The minimum absolute atomic E-state index is 0.0838. The first-order chi connectivity index (χ1) is 10.2. The molecule has 0 atom stereocenters. The zero-order chi connectivity index (χ0) is 14.7. The van der Waals surface area contributed by atoms with Gasteiger partial charge in [0, 0.05) is 37.6 Å². The van der Waals surface area contributed by atoms with Crippen molar-refractivity contribution in [2.24, 2.45) is 0 Å². The van der Waals surface area contributed by atoms with Crippen molar-refractivity contribution in [3.8, 4) is 0 Å². The van der Waals surface area contributed by atoms with Gasteiger partial charge in [-0.2, -0.15) is 0 Å². The van der Waals surface area contributed by atoms with Crippen LogP contribution < -0.4 is 0 Å². The van der Waals surface area contributed by atoms with Gasteiger partial charge in [-0.05, 0) is 36.3 Å². The maximum atomic E-state index is 12.5. The van der Waals surface area contributed by atoms with E-state index in [0.717, 1.165) is 44.8 Å². The van der Waals surface area contributed by atoms with Gasteiger partial charge in [0.05, 0.1) is 5.69 Å². The number of aromatic nitrogens is 2. The Balaban J connectivity index is 1.60. The van der Waals surface area contributed by atoms with E-state index in [-0.39, 0.29) is 5.91 Å². The van der Waals surface area contributed by atoms with Crippen molar-refractivity contribution < 1.29 is 4.79 Å². The maximum Gasteiger partial charge on any atom is 0.267 e. The quantitative estimate of drug-likeness (QED) is 0.870. The lowest BCUT2D eigenvalue weighted by Gasteiger charge is -2.21. The Labute approximate surface area is 132 Å². The number of thiophene rings is 1. The van der Waals surface area contributed by atoms with E-state index in [1.165, 1.54) is 16.4 Å². The normalized spacial score (nSPS) is 16.9. The number of carbonyl (C=O) groups is 1. The van der Waals surface area contributed by atoms with Crippen LogP contribution in [0.1, 0.15) is 26.7 Å². The highest BCUT2D eigenvalue weighted by Gasteiger charge is 2.23. The number of hydrogen-bond donors (Lipinski definition) is 0. The fraction of sp³-hybridized carbons (Fsp3) is 0.500. The third-order valence-electron chi connectivity index (χ3n) is 3.68. The molecular weight excluding hydrogens is 304 g/mol. The summed E-state index contributed by atoms with van der Waals surface area (Å²) in [5.41, 5.74) is 0.740. The Hall–Kier alpha value is -1.31. The topological polar surface area (TPSA) is 49.3 Å². The second kappa shape index (κ2) is 6.64. The molecular formula is C14H18N4OS2. The molecule has 5 nitrogen and oxygen atoms in total. The number of aryl methyl sites for hydroxylation is 1. The number of amides is 1. The summed E-state index contributed by atoms with van der Waals surface area (Å²) in [5, 5.41) is 6.05. The average Bonchev–Trinajstić information content (AvgIpc) is 3.07. The predicted octanol–water partition coefficient (Wildman–Crippen LogP) is 2.26. The SMILES string of the molecule is Cc1nnsc1C(=O)N1CCCN(Cc2cccs2)CC1. The summed E-state index contributed by atoms with van der Waals surface area (Å²) in [6, 6.07) is 4.26. The van der Waals surface area contributed by atoms with E-state index >= 15 is 0 Å². The van der Waals surface area contributed by atoms with Gasteiger partial charge in [0.25, 0.3) is 5.91 Å². The standard InChI is InChI=1S/C14H18N4OS2/c1-11-13(21-16-15-11)14(19)18-6-3-5-17(7-8-18)10-12-4-2-9-20-12/h2,4,9H,3,5-8,10H2,1H3. The van der Waals surface area contributed by atoms with Crippen molar-refractivity contribution in [2.75, 3.05) is 26.2 Å². The summed E-state index contributed by atoms with van der Waals surface area (Å²) in [5.74, 6) is 0.0838. The summed E-state index contributed by atoms with van der Waals surface area (Å²) in [6.45, 7) is 6.40. The largest absolute Gasteiger partial charge is 0.337 e. The lowest BCUT2D eigenvalue weighted by Crippen LogP contribution is -2.35. The molecule has 2 aromatic heterocycles. The minimum atomic E-state index is 0.0838. The molecule has 1 amide bonds. The van der Waals surface area contributed by atoms with Crippen LogP contribution in [-0.2, 0) is 6.54 Å². The van der Waals surface area contributed by atoms with Gasteiger partial charge in [-0.1, -0.05) is 10.6 Å². The maximum absolute atomic E-state index is 12.5. The molecule has 0 aromatic carbocycles. The molecule has 0 radical (unpaired) electrons. The van der Waals surface area contributed by atoms with Crippen molar-refractivity contribution in [1.29, 1.82) is 0 Å². The summed E-state index contributed by atoms with van der Waals surface area (Å²) in [4.78, 5) is 18.9. The van der Waals surface area contributed by atoms with Gasteiger partial charge in [-0.15, -0.1) is 16.4 Å². The smallest absolute Gasteiger partial charge is 0.267 e. The van der Waals surface area contributed by atoms with Crippen LogP contribution in [0.5, 0.6) is 0 Å². The van der Waals surface area contributed by atoms with Gasteiger partial charge in [-0.3, -0.25) is 9.69 Å². The zero-order valence-corrected chi connectivity index (χ0v) is 13.6. The lowest BCUT2D eigenvalue weighted by molar-refractivity contribution is 0.0765. The van der Waals surface area contributed by atoms with E-state index in [4.69, 9.17) is 0 Å². The van der Waals surface area contributed by atoms with Gasteiger partial charge in [0.2, 0.25) is 0 Å². The van der Waals surface area contributed by atoms with Gasteiger partial charge < -0.3 is 4.90 Å². The summed E-state index contributed by atoms with van der Waals surface area (Å²) in [7, 11) is 0. The molecule has 1 fully saturated rings. The van der Waals surface area contributed by atoms with Crippen LogP contribution in [0.2, 0.25) is 0 Å². The predicted molar refractivity (Wildman–Crippen MR) is 84.8 cm³/mol. The molecule has 7 heteroatoms. The summed E-state index contributed by atoms with van der Waals surface area (Å²) < 4.78 is 3.86. The molecule has 3 rings (SSSR count). The number of hydrogen-bond acceptors (Lipinski definition) is 6. The third-order valence-corrected chi connectivity index (χ3v) is 5.36. The Kier molecular flexibility index (Phi) is 4.62. The average molecular weight is 322 g/mol. The molecule has 0 unspecified atom stereocenters. The van der Waals surface area contributed by atoms with E-state index in [9.17, 15) is 4.79 Å². The molecule has 112 valence electrons. The van der Waals surface area contributed by atoms with E-state index in [0.29, 0.717) is 4.88 Å². The Morgan fingerprint density at radius 3 is 2.95 bits per heavy atom. The number of carbonyl (C=O) groups excluding carboxylic acids is 1.